The molecule has 4 nitrogen and oxygen atoms in total. The number of nitrogens with zero attached hydrogens (tertiary/aromatic N) is 1. The number of thioether (sulfide) groups is 1. The van der Waals surface area contributed by atoms with Gasteiger partial charge in [0.2, 0.25) is 0 Å². The second-order valence-corrected chi connectivity index (χ2v) is 6.40. The topological polar surface area (TPSA) is 57.6 Å². The molecule has 1 N–H and O–H groups in total. The molecule has 5 heteroatoms. The van der Waals surface area contributed by atoms with Crippen LogP contribution in [0, 0.1) is 0 Å². The molecule has 21 heavy (non-hydrogen) atoms. The van der Waals surface area contributed by atoms with Crippen molar-refractivity contribution in [2.75, 3.05) is 5.75 Å². The van der Waals surface area contributed by atoms with Gasteiger partial charge in [-0.15, -0.1) is 11.8 Å². The summed E-state index contributed by atoms with van der Waals surface area (Å²) in [5.74, 6) is -0.619. The molecule has 0 spiro atoms. The summed E-state index contributed by atoms with van der Waals surface area (Å²) in [6, 6.07) is 6.74. The highest BCUT2D eigenvalue weighted by atomic mass is 32.2. The second kappa shape index (κ2) is 6.98. The Bertz CT molecular complexity index is 515. The fraction of sp³-hybridized carbons (Fsp3) is 0.500. The lowest BCUT2D eigenvalue weighted by molar-refractivity contribution is -0.141. The van der Waals surface area contributed by atoms with Gasteiger partial charge in [-0.3, -0.25) is 4.79 Å². The number of aryl methyl sites for hydroxylation is 1. The number of carboxylic acids is 1. The van der Waals surface area contributed by atoms with Gasteiger partial charge in [0.1, 0.15) is 6.04 Å². The molecule has 1 aliphatic rings. The fourth-order valence-corrected chi connectivity index (χ4v) is 4.04. The Kier molecular flexibility index (Phi) is 5.28. The third kappa shape index (κ3) is 3.40. The van der Waals surface area contributed by atoms with Crippen molar-refractivity contribution in [3.05, 3.63) is 35.4 Å². The van der Waals surface area contributed by atoms with Crippen LogP contribution < -0.4 is 0 Å². The van der Waals surface area contributed by atoms with Gasteiger partial charge >= 0.3 is 5.97 Å². The molecule has 1 saturated heterocycles. The van der Waals surface area contributed by atoms with Crippen molar-refractivity contribution in [2.24, 2.45) is 0 Å². The standard InChI is InChI=1S/C16H21NO3S/c1-3-5-14-17(13(10-21-14)16(19)20)15(18)12-8-6-11(4-2)7-9-12/h6-9,13-14H,3-5,10H2,1-2H3,(H,19,20). The zero-order chi connectivity index (χ0) is 15.4. The molecule has 1 fully saturated rings. The molecule has 1 heterocycles. The fourth-order valence-electron chi connectivity index (χ4n) is 2.53. The van der Waals surface area contributed by atoms with Gasteiger partial charge in [0.25, 0.3) is 5.91 Å². The van der Waals surface area contributed by atoms with E-state index in [1.807, 2.05) is 19.1 Å². The molecule has 114 valence electrons. The van der Waals surface area contributed by atoms with Crippen LogP contribution in [0.15, 0.2) is 24.3 Å². The third-order valence-corrected chi connectivity index (χ3v) is 5.11. The molecule has 0 saturated carbocycles. The lowest BCUT2D eigenvalue weighted by atomic mass is 10.1. The Balaban J connectivity index is 2.24. The molecule has 0 bridgehead atoms. The summed E-state index contributed by atoms with van der Waals surface area (Å²) < 4.78 is 0. The molecule has 1 aromatic carbocycles. The summed E-state index contributed by atoms with van der Waals surface area (Å²) in [7, 11) is 0. The molecule has 2 atom stereocenters. The summed E-state index contributed by atoms with van der Waals surface area (Å²) in [5.41, 5.74) is 1.74. The number of hydrogen-bond donors (Lipinski definition) is 1. The van der Waals surface area contributed by atoms with E-state index in [0.29, 0.717) is 11.3 Å². The molecule has 0 aliphatic carbocycles. The molecule has 2 rings (SSSR count). The smallest absolute Gasteiger partial charge is 0.327 e. The van der Waals surface area contributed by atoms with Crippen LogP contribution in [0.1, 0.15) is 42.6 Å². The largest absolute Gasteiger partial charge is 0.480 e. The number of carboxylic acid groups (broad SMARTS) is 1. The lowest BCUT2D eigenvalue weighted by Crippen LogP contribution is -2.45. The predicted octanol–water partition coefficient (Wildman–Crippen LogP) is 3.02. The first-order chi connectivity index (χ1) is 10.1. The summed E-state index contributed by atoms with van der Waals surface area (Å²) in [6.45, 7) is 4.11. The van der Waals surface area contributed by atoms with Crippen LogP contribution >= 0.6 is 11.8 Å². The number of carbonyl (C=O) groups is 2. The van der Waals surface area contributed by atoms with Crippen molar-refractivity contribution >= 4 is 23.6 Å². The minimum atomic E-state index is -0.917. The zero-order valence-electron chi connectivity index (χ0n) is 12.4. The molecule has 0 radical (unpaired) electrons. The van der Waals surface area contributed by atoms with Gasteiger partial charge in [-0.1, -0.05) is 32.4 Å². The predicted molar refractivity (Wildman–Crippen MR) is 84.6 cm³/mol. The summed E-state index contributed by atoms with van der Waals surface area (Å²) in [6.07, 6.45) is 2.68. The number of rotatable bonds is 5. The zero-order valence-corrected chi connectivity index (χ0v) is 13.2. The van der Waals surface area contributed by atoms with Gasteiger partial charge in [0, 0.05) is 11.3 Å². The van der Waals surface area contributed by atoms with E-state index in [9.17, 15) is 14.7 Å². The van der Waals surface area contributed by atoms with E-state index in [1.54, 1.807) is 28.8 Å². The minimum Gasteiger partial charge on any atom is -0.480 e. The van der Waals surface area contributed by atoms with Crippen LogP contribution in [0.4, 0.5) is 0 Å². The average molecular weight is 307 g/mol. The van der Waals surface area contributed by atoms with Crippen LogP contribution in [0.3, 0.4) is 0 Å². The van der Waals surface area contributed by atoms with Gasteiger partial charge in [-0.05, 0) is 30.5 Å². The maximum Gasteiger partial charge on any atom is 0.327 e. The third-order valence-electron chi connectivity index (χ3n) is 3.76. The van der Waals surface area contributed by atoms with Crippen molar-refractivity contribution in [3.8, 4) is 0 Å². The van der Waals surface area contributed by atoms with E-state index in [0.717, 1.165) is 19.3 Å². The van der Waals surface area contributed by atoms with E-state index >= 15 is 0 Å². The van der Waals surface area contributed by atoms with Gasteiger partial charge in [0.05, 0.1) is 5.37 Å². The Morgan fingerprint density at radius 2 is 1.95 bits per heavy atom. The van der Waals surface area contributed by atoms with Crippen LogP contribution in [0.25, 0.3) is 0 Å². The molecule has 0 aromatic heterocycles. The second-order valence-electron chi connectivity index (χ2n) is 5.19. The molecule has 2 unspecified atom stereocenters. The van der Waals surface area contributed by atoms with Crippen LogP contribution in [-0.2, 0) is 11.2 Å². The van der Waals surface area contributed by atoms with Crippen LogP contribution in [-0.4, -0.2) is 39.1 Å². The van der Waals surface area contributed by atoms with Gasteiger partial charge in [-0.25, -0.2) is 4.79 Å². The van der Waals surface area contributed by atoms with E-state index in [1.165, 1.54) is 5.56 Å². The first-order valence-electron chi connectivity index (χ1n) is 7.34. The quantitative estimate of drug-likeness (QED) is 0.908. The van der Waals surface area contributed by atoms with Gasteiger partial charge in [-0.2, -0.15) is 0 Å². The summed E-state index contributed by atoms with van der Waals surface area (Å²) in [4.78, 5) is 25.6. The highest BCUT2D eigenvalue weighted by molar-refractivity contribution is 8.00. The number of amides is 1. The first kappa shape index (κ1) is 15.9. The van der Waals surface area contributed by atoms with Gasteiger partial charge in [0.15, 0.2) is 0 Å². The van der Waals surface area contributed by atoms with E-state index in [-0.39, 0.29) is 11.3 Å². The maximum absolute atomic E-state index is 12.7. The monoisotopic (exact) mass is 307 g/mol. The number of carbonyl (C=O) groups excluding carboxylic acids is 1. The SMILES string of the molecule is CCCC1SCC(C(=O)O)N1C(=O)c1ccc(CC)cc1. The first-order valence-corrected chi connectivity index (χ1v) is 8.39. The Morgan fingerprint density at radius 1 is 1.29 bits per heavy atom. The van der Waals surface area contributed by atoms with Crippen molar-refractivity contribution in [1.29, 1.82) is 0 Å². The normalized spacial score (nSPS) is 21.5. The number of hydrogen-bond acceptors (Lipinski definition) is 3. The maximum atomic E-state index is 12.7. The molecular formula is C16H21NO3S. The molecule has 1 aromatic rings. The lowest BCUT2D eigenvalue weighted by Gasteiger charge is -2.27. The molecule has 1 amide bonds. The van der Waals surface area contributed by atoms with Crippen molar-refractivity contribution in [1.82, 2.24) is 4.90 Å². The Labute approximate surface area is 129 Å². The summed E-state index contributed by atoms with van der Waals surface area (Å²) in [5, 5.41) is 9.31. The molecular weight excluding hydrogens is 286 g/mol. The average Bonchev–Trinajstić information content (AvgIpc) is 2.91. The Hall–Kier alpha value is -1.49. The Morgan fingerprint density at radius 3 is 2.48 bits per heavy atom. The van der Waals surface area contributed by atoms with Crippen molar-refractivity contribution in [3.63, 3.8) is 0 Å². The summed E-state index contributed by atoms with van der Waals surface area (Å²) >= 11 is 1.57. The van der Waals surface area contributed by atoms with E-state index < -0.39 is 12.0 Å². The van der Waals surface area contributed by atoms with E-state index in [4.69, 9.17) is 0 Å². The number of benzene rings is 1. The van der Waals surface area contributed by atoms with Gasteiger partial charge < -0.3 is 10.0 Å². The molecule has 1 aliphatic heterocycles. The highest BCUT2D eigenvalue weighted by Gasteiger charge is 2.41. The number of aliphatic carboxylic acids is 1. The van der Waals surface area contributed by atoms with Crippen LogP contribution in [0.5, 0.6) is 0 Å². The van der Waals surface area contributed by atoms with Crippen molar-refractivity contribution < 1.29 is 14.7 Å². The van der Waals surface area contributed by atoms with Crippen molar-refractivity contribution in [2.45, 2.75) is 44.5 Å². The minimum absolute atomic E-state index is 0.0329. The van der Waals surface area contributed by atoms with E-state index in [2.05, 4.69) is 6.92 Å². The highest BCUT2D eigenvalue weighted by Crippen LogP contribution is 2.33. The van der Waals surface area contributed by atoms with Crippen LogP contribution in [0.2, 0.25) is 0 Å².